The van der Waals surface area contributed by atoms with Gasteiger partial charge in [0, 0.05) is 5.56 Å². The summed E-state index contributed by atoms with van der Waals surface area (Å²) < 4.78 is 15.9. The van der Waals surface area contributed by atoms with Gasteiger partial charge in [-0.3, -0.25) is 4.79 Å². The van der Waals surface area contributed by atoms with Gasteiger partial charge in [0.05, 0.1) is 13.2 Å². The van der Waals surface area contributed by atoms with Crippen LogP contribution in [0.25, 0.3) is 0 Å². The maximum absolute atomic E-state index is 11.8. The van der Waals surface area contributed by atoms with E-state index in [1.807, 2.05) is 32.9 Å². The molecule has 0 N–H and O–H groups in total. The number of aryl methyl sites for hydroxylation is 1. The SMILES string of the molecule is CCOP(OCC)OCC(=O)c1ccc(C)cc1. The highest BCUT2D eigenvalue weighted by Crippen LogP contribution is 2.39. The Morgan fingerprint density at radius 3 is 2.11 bits per heavy atom. The van der Waals surface area contributed by atoms with Crippen molar-refractivity contribution < 1.29 is 18.4 Å². The molecule has 18 heavy (non-hydrogen) atoms. The number of Topliss-reactive ketones (excluding diaryl/α,β-unsaturated/α-hetero) is 1. The first-order chi connectivity index (χ1) is 8.67. The third-order valence-electron chi connectivity index (χ3n) is 2.14. The summed E-state index contributed by atoms with van der Waals surface area (Å²) in [6.45, 7) is 6.69. The van der Waals surface area contributed by atoms with Gasteiger partial charge in [0.15, 0.2) is 5.78 Å². The van der Waals surface area contributed by atoms with Gasteiger partial charge in [-0.15, -0.1) is 0 Å². The molecule has 0 radical (unpaired) electrons. The molecule has 0 fully saturated rings. The smallest absolute Gasteiger partial charge is 0.313 e. The van der Waals surface area contributed by atoms with Gasteiger partial charge in [-0.25, -0.2) is 0 Å². The van der Waals surface area contributed by atoms with E-state index in [2.05, 4.69) is 0 Å². The van der Waals surface area contributed by atoms with Gasteiger partial charge in [0.2, 0.25) is 0 Å². The van der Waals surface area contributed by atoms with E-state index in [0.29, 0.717) is 18.8 Å². The standard InChI is InChI=1S/C13H19O4P/c1-4-15-18(16-5-2)17-10-13(14)12-8-6-11(3)7-9-12/h6-9H,4-5,10H2,1-3H3. The number of carbonyl (C=O) groups excluding carboxylic acids is 1. The summed E-state index contributed by atoms with van der Waals surface area (Å²) in [4.78, 5) is 11.8. The summed E-state index contributed by atoms with van der Waals surface area (Å²) in [6.07, 6.45) is 0. The number of hydrogen-bond acceptors (Lipinski definition) is 4. The largest absolute Gasteiger partial charge is 0.333 e. The third kappa shape index (κ3) is 5.23. The monoisotopic (exact) mass is 270 g/mol. The third-order valence-corrected chi connectivity index (χ3v) is 3.42. The van der Waals surface area contributed by atoms with Crippen molar-refractivity contribution in [3.63, 3.8) is 0 Å². The summed E-state index contributed by atoms with van der Waals surface area (Å²) in [7, 11) is -1.41. The van der Waals surface area contributed by atoms with E-state index in [-0.39, 0.29) is 12.4 Å². The van der Waals surface area contributed by atoms with Crippen LogP contribution in [0.5, 0.6) is 0 Å². The summed E-state index contributed by atoms with van der Waals surface area (Å²) >= 11 is 0. The first kappa shape index (κ1) is 15.3. The van der Waals surface area contributed by atoms with Crippen LogP contribution in [0.2, 0.25) is 0 Å². The van der Waals surface area contributed by atoms with E-state index in [0.717, 1.165) is 5.56 Å². The molecule has 1 aromatic rings. The Labute approximate surface area is 109 Å². The highest BCUT2D eigenvalue weighted by atomic mass is 31.2. The summed E-state index contributed by atoms with van der Waals surface area (Å²) in [5.41, 5.74) is 1.77. The molecule has 0 spiro atoms. The Kier molecular flexibility index (Phi) is 7.06. The lowest BCUT2D eigenvalue weighted by Gasteiger charge is -2.14. The molecular formula is C13H19O4P. The first-order valence-electron chi connectivity index (χ1n) is 5.96. The molecule has 1 rings (SSSR count). The van der Waals surface area contributed by atoms with Crippen molar-refractivity contribution in [2.45, 2.75) is 20.8 Å². The number of ketones is 1. The van der Waals surface area contributed by atoms with E-state index in [1.165, 1.54) is 0 Å². The molecule has 0 saturated heterocycles. The molecule has 4 nitrogen and oxygen atoms in total. The second-order valence-corrected chi connectivity index (χ2v) is 4.84. The van der Waals surface area contributed by atoms with Crippen molar-refractivity contribution in [1.82, 2.24) is 0 Å². The van der Waals surface area contributed by atoms with Crippen molar-refractivity contribution in [3.05, 3.63) is 35.4 Å². The lowest BCUT2D eigenvalue weighted by molar-refractivity contribution is 0.0882. The van der Waals surface area contributed by atoms with Crippen LogP contribution in [0.4, 0.5) is 0 Å². The fourth-order valence-electron chi connectivity index (χ4n) is 1.26. The van der Waals surface area contributed by atoms with Crippen molar-refractivity contribution in [2.75, 3.05) is 19.8 Å². The van der Waals surface area contributed by atoms with E-state index < -0.39 is 8.60 Å². The van der Waals surface area contributed by atoms with Gasteiger partial charge in [-0.2, -0.15) is 0 Å². The Bertz CT molecular complexity index is 358. The average molecular weight is 270 g/mol. The van der Waals surface area contributed by atoms with Crippen LogP contribution in [0.15, 0.2) is 24.3 Å². The van der Waals surface area contributed by atoms with Gasteiger partial charge < -0.3 is 13.6 Å². The fraction of sp³-hybridized carbons (Fsp3) is 0.462. The topological polar surface area (TPSA) is 44.8 Å². The number of benzene rings is 1. The first-order valence-corrected chi connectivity index (χ1v) is 7.05. The van der Waals surface area contributed by atoms with E-state index >= 15 is 0 Å². The number of hydrogen-bond donors (Lipinski definition) is 0. The van der Waals surface area contributed by atoms with Gasteiger partial charge in [-0.05, 0) is 20.8 Å². The van der Waals surface area contributed by atoms with Crippen molar-refractivity contribution in [2.24, 2.45) is 0 Å². The predicted molar refractivity (Wildman–Crippen MR) is 71.6 cm³/mol. The van der Waals surface area contributed by atoms with Crippen LogP contribution in [0, 0.1) is 6.92 Å². The highest BCUT2D eigenvalue weighted by Gasteiger charge is 2.14. The second-order valence-electron chi connectivity index (χ2n) is 3.62. The normalized spacial score (nSPS) is 10.9. The molecule has 0 aliphatic heterocycles. The van der Waals surface area contributed by atoms with E-state index in [9.17, 15) is 4.79 Å². The molecule has 0 saturated carbocycles. The second kappa shape index (κ2) is 8.33. The van der Waals surface area contributed by atoms with Crippen molar-refractivity contribution >= 4 is 14.4 Å². The van der Waals surface area contributed by atoms with Crippen molar-refractivity contribution in [1.29, 1.82) is 0 Å². The van der Waals surface area contributed by atoms with Crippen LogP contribution in [-0.4, -0.2) is 25.6 Å². The Hall–Kier alpha value is -0.800. The molecule has 0 aliphatic carbocycles. The quantitative estimate of drug-likeness (QED) is 0.535. The molecule has 0 bridgehead atoms. The van der Waals surface area contributed by atoms with E-state index in [4.69, 9.17) is 13.6 Å². The van der Waals surface area contributed by atoms with Crippen LogP contribution >= 0.6 is 8.60 Å². The molecule has 100 valence electrons. The van der Waals surface area contributed by atoms with Gasteiger partial charge in [0.25, 0.3) is 0 Å². The maximum atomic E-state index is 11.8. The average Bonchev–Trinajstić information content (AvgIpc) is 2.37. The van der Waals surface area contributed by atoms with E-state index in [1.54, 1.807) is 12.1 Å². The summed E-state index contributed by atoms with van der Waals surface area (Å²) in [5, 5.41) is 0. The summed E-state index contributed by atoms with van der Waals surface area (Å²) in [5.74, 6) is -0.0677. The highest BCUT2D eigenvalue weighted by molar-refractivity contribution is 7.41. The Balaban J connectivity index is 2.46. The number of rotatable bonds is 8. The zero-order valence-electron chi connectivity index (χ0n) is 11.0. The van der Waals surface area contributed by atoms with Crippen LogP contribution < -0.4 is 0 Å². The molecule has 0 amide bonds. The van der Waals surface area contributed by atoms with Crippen LogP contribution in [0.3, 0.4) is 0 Å². The molecule has 0 heterocycles. The minimum atomic E-state index is -1.41. The zero-order valence-corrected chi connectivity index (χ0v) is 11.9. The van der Waals surface area contributed by atoms with Crippen LogP contribution in [0.1, 0.15) is 29.8 Å². The minimum absolute atomic E-state index is 0.0191. The predicted octanol–water partition coefficient (Wildman–Crippen LogP) is 3.49. The van der Waals surface area contributed by atoms with Crippen LogP contribution in [-0.2, 0) is 13.6 Å². The Morgan fingerprint density at radius 2 is 1.61 bits per heavy atom. The summed E-state index contributed by atoms with van der Waals surface area (Å²) in [6, 6.07) is 7.40. The molecule has 0 aliphatic rings. The molecule has 0 aromatic heterocycles. The number of carbonyl (C=O) groups is 1. The molecule has 5 heteroatoms. The van der Waals surface area contributed by atoms with Gasteiger partial charge in [0.1, 0.15) is 6.61 Å². The molecule has 1 aromatic carbocycles. The van der Waals surface area contributed by atoms with Crippen molar-refractivity contribution in [3.8, 4) is 0 Å². The lowest BCUT2D eigenvalue weighted by Crippen LogP contribution is -2.08. The molecule has 0 atom stereocenters. The maximum Gasteiger partial charge on any atom is 0.333 e. The Morgan fingerprint density at radius 1 is 1.06 bits per heavy atom. The van der Waals surface area contributed by atoms with Gasteiger partial charge in [-0.1, -0.05) is 29.8 Å². The minimum Gasteiger partial charge on any atom is -0.313 e. The molecular weight excluding hydrogens is 251 g/mol. The molecule has 0 unspecified atom stereocenters. The van der Waals surface area contributed by atoms with Gasteiger partial charge >= 0.3 is 8.60 Å². The fourth-order valence-corrected chi connectivity index (χ4v) is 2.12. The lowest BCUT2D eigenvalue weighted by atomic mass is 10.1. The zero-order chi connectivity index (χ0) is 13.4.